The number of halogens is 1. The average Bonchev–Trinajstić information content (AvgIpc) is 3.12. The molecule has 3 heterocycles. The SMILES string of the molecule is CC1(CN2CCCC2CC(O)c2cccs2)CCNC1.Cl. The number of aliphatic hydroxyl groups excluding tert-OH is 1. The molecule has 3 nitrogen and oxygen atoms in total. The van der Waals surface area contributed by atoms with Crippen molar-refractivity contribution in [1.82, 2.24) is 10.2 Å². The number of aliphatic hydroxyl groups is 1. The highest BCUT2D eigenvalue weighted by Gasteiger charge is 2.35. The van der Waals surface area contributed by atoms with Crippen molar-refractivity contribution in [1.29, 1.82) is 0 Å². The van der Waals surface area contributed by atoms with E-state index in [0.29, 0.717) is 11.5 Å². The summed E-state index contributed by atoms with van der Waals surface area (Å²) >= 11 is 1.67. The molecule has 0 amide bonds. The van der Waals surface area contributed by atoms with Crippen molar-refractivity contribution in [2.45, 2.75) is 44.8 Å². The number of rotatable bonds is 5. The van der Waals surface area contributed by atoms with Crippen LogP contribution in [0, 0.1) is 5.41 Å². The van der Waals surface area contributed by atoms with Gasteiger partial charge in [0.25, 0.3) is 0 Å². The van der Waals surface area contributed by atoms with Crippen LogP contribution in [0.15, 0.2) is 17.5 Å². The van der Waals surface area contributed by atoms with Gasteiger partial charge in [-0.1, -0.05) is 13.0 Å². The topological polar surface area (TPSA) is 35.5 Å². The minimum Gasteiger partial charge on any atom is -0.388 e. The Bertz CT molecular complexity index is 420. The monoisotopic (exact) mass is 330 g/mol. The fraction of sp³-hybridized carbons (Fsp3) is 0.750. The number of nitrogens with one attached hydrogen (secondary N) is 1. The molecular weight excluding hydrogens is 304 g/mol. The van der Waals surface area contributed by atoms with Gasteiger partial charge in [-0.15, -0.1) is 23.7 Å². The van der Waals surface area contributed by atoms with Gasteiger partial charge < -0.3 is 10.4 Å². The van der Waals surface area contributed by atoms with E-state index in [9.17, 15) is 5.11 Å². The van der Waals surface area contributed by atoms with Crippen molar-refractivity contribution >= 4 is 23.7 Å². The molecular formula is C16H27ClN2OS. The lowest BCUT2D eigenvalue weighted by Gasteiger charge is -2.33. The van der Waals surface area contributed by atoms with Crippen molar-refractivity contribution in [3.05, 3.63) is 22.4 Å². The molecule has 1 aromatic rings. The Morgan fingerprint density at radius 1 is 1.57 bits per heavy atom. The summed E-state index contributed by atoms with van der Waals surface area (Å²) < 4.78 is 0. The molecule has 3 atom stereocenters. The molecule has 0 saturated carbocycles. The summed E-state index contributed by atoms with van der Waals surface area (Å²) in [6.45, 7) is 7.09. The number of nitrogens with zero attached hydrogens (tertiary/aromatic N) is 1. The van der Waals surface area contributed by atoms with Gasteiger partial charge in [0.1, 0.15) is 0 Å². The molecule has 2 saturated heterocycles. The van der Waals surface area contributed by atoms with Crippen LogP contribution in [0.3, 0.4) is 0 Å². The third-order valence-corrected chi connectivity index (χ3v) is 5.88. The van der Waals surface area contributed by atoms with Gasteiger partial charge in [0, 0.05) is 24.0 Å². The van der Waals surface area contributed by atoms with Crippen LogP contribution in [0.4, 0.5) is 0 Å². The van der Waals surface area contributed by atoms with Crippen LogP contribution in [0.25, 0.3) is 0 Å². The first kappa shape index (κ1) is 17.2. The summed E-state index contributed by atoms with van der Waals surface area (Å²) in [5, 5.41) is 15.9. The highest BCUT2D eigenvalue weighted by atomic mass is 35.5. The van der Waals surface area contributed by atoms with E-state index >= 15 is 0 Å². The molecule has 21 heavy (non-hydrogen) atoms. The molecule has 2 fully saturated rings. The van der Waals surface area contributed by atoms with Crippen LogP contribution in [-0.2, 0) is 0 Å². The number of thiophene rings is 1. The quantitative estimate of drug-likeness (QED) is 0.871. The van der Waals surface area contributed by atoms with Crippen molar-refractivity contribution in [2.75, 3.05) is 26.2 Å². The molecule has 2 aliphatic rings. The van der Waals surface area contributed by atoms with Crippen molar-refractivity contribution in [3.8, 4) is 0 Å². The molecule has 2 aliphatic heterocycles. The maximum Gasteiger partial charge on any atom is 0.0896 e. The number of hydrogen-bond donors (Lipinski definition) is 2. The molecule has 2 N–H and O–H groups in total. The average molecular weight is 331 g/mol. The molecule has 3 unspecified atom stereocenters. The predicted octanol–water partition coefficient (Wildman–Crippen LogP) is 3.06. The second-order valence-corrected chi connectivity index (χ2v) is 7.75. The molecule has 0 aliphatic carbocycles. The zero-order valence-electron chi connectivity index (χ0n) is 12.8. The van der Waals surface area contributed by atoms with E-state index in [1.165, 1.54) is 32.4 Å². The van der Waals surface area contributed by atoms with Crippen molar-refractivity contribution in [2.24, 2.45) is 5.41 Å². The smallest absolute Gasteiger partial charge is 0.0896 e. The van der Waals surface area contributed by atoms with Gasteiger partial charge in [-0.3, -0.25) is 4.90 Å². The largest absolute Gasteiger partial charge is 0.388 e. The third kappa shape index (κ3) is 4.20. The van der Waals surface area contributed by atoms with Crippen LogP contribution in [0.2, 0.25) is 0 Å². The van der Waals surface area contributed by atoms with E-state index in [2.05, 4.69) is 28.6 Å². The molecule has 0 aromatic carbocycles. The second-order valence-electron chi connectivity index (χ2n) is 6.77. The fourth-order valence-electron chi connectivity index (χ4n) is 3.72. The Labute approximate surface area is 138 Å². The van der Waals surface area contributed by atoms with Crippen LogP contribution in [0.5, 0.6) is 0 Å². The van der Waals surface area contributed by atoms with E-state index in [-0.39, 0.29) is 18.5 Å². The van der Waals surface area contributed by atoms with Crippen LogP contribution >= 0.6 is 23.7 Å². The van der Waals surface area contributed by atoms with Crippen LogP contribution in [0.1, 0.15) is 43.6 Å². The van der Waals surface area contributed by atoms with E-state index in [1.807, 2.05) is 6.07 Å². The lowest BCUT2D eigenvalue weighted by atomic mass is 9.88. The first-order chi connectivity index (χ1) is 9.66. The lowest BCUT2D eigenvalue weighted by molar-refractivity contribution is 0.101. The standard InChI is InChI=1S/C16H26N2OS.ClH/c1-16(6-7-17-11-16)12-18-8-2-4-13(18)10-14(19)15-5-3-9-20-15;/h3,5,9,13-14,17,19H,2,4,6-8,10-12H2,1H3;1H. The Morgan fingerprint density at radius 3 is 3.10 bits per heavy atom. The number of likely N-dealkylation sites (tertiary alicyclic amines) is 1. The molecule has 3 rings (SSSR count). The zero-order chi connectivity index (χ0) is 14.0. The highest BCUT2D eigenvalue weighted by molar-refractivity contribution is 7.10. The Morgan fingerprint density at radius 2 is 2.43 bits per heavy atom. The molecule has 0 bridgehead atoms. The summed E-state index contributed by atoms with van der Waals surface area (Å²) in [5.41, 5.74) is 0.427. The molecule has 5 heteroatoms. The van der Waals surface area contributed by atoms with Gasteiger partial charge in [-0.05, 0) is 55.6 Å². The normalized spacial score (nSPS) is 31.2. The van der Waals surface area contributed by atoms with Gasteiger partial charge in [-0.2, -0.15) is 0 Å². The Balaban J connectivity index is 0.00000161. The maximum atomic E-state index is 10.4. The Kier molecular flexibility index (Phi) is 6.09. The van der Waals surface area contributed by atoms with Gasteiger partial charge in [-0.25, -0.2) is 0 Å². The van der Waals surface area contributed by atoms with Crippen molar-refractivity contribution < 1.29 is 5.11 Å². The summed E-state index contributed by atoms with van der Waals surface area (Å²) in [6, 6.07) is 4.64. The summed E-state index contributed by atoms with van der Waals surface area (Å²) in [7, 11) is 0. The minimum absolute atomic E-state index is 0. The third-order valence-electron chi connectivity index (χ3n) is 4.91. The van der Waals surface area contributed by atoms with E-state index < -0.39 is 0 Å². The van der Waals surface area contributed by atoms with Gasteiger partial charge >= 0.3 is 0 Å². The van der Waals surface area contributed by atoms with Crippen LogP contribution in [-0.4, -0.2) is 42.2 Å². The van der Waals surface area contributed by atoms with Gasteiger partial charge in [0.15, 0.2) is 0 Å². The minimum atomic E-state index is -0.282. The van der Waals surface area contributed by atoms with E-state index in [4.69, 9.17) is 0 Å². The van der Waals surface area contributed by atoms with E-state index in [0.717, 1.165) is 24.4 Å². The predicted molar refractivity (Wildman–Crippen MR) is 91.3 cm³/mol. The molecule has 0 radical (unpaired) electrons. The number of hydrogen-bond acceptors (Lipinski definition) is 4. The zero-order valence-corrected chi connectivity index (χ0v) is 14.4. The van der Waals surface area contributed by atoms with Crippen LogP contribution < -0.4 is 5.32 Å². The van der Waals surface area contributed by atoms with E-state index in [1.54, 1.807) is 11.3 Å². The first-order valence-electron chi connectivity index (χ1n) is 7.83. The van der Waals surface area contributed by atoms with Gasteiger partial charge in [0.05, 0.1) is 6.10 Å². The summed E-state index contributed by atoms with van der Waals surface area (Å²) in [6.07, 6.45) is 4.42. The lowest BCUT2D eigenvalue weighted by Crippen LogP contribution is -2.40. The maximum absolute atomic E-state index is 10.4. The summed E-state index contributed by atoms with van der Waals surface area (Å²) in [5.74, 6) is 0. The molecule has 120 valence electrons. The summed E-state index contributed by atoms with van der Waals surface area (Å²) in [4.78, 5) is 3.75. The Hall–Kier alpha value is -0.130. The van der Waals surface area contributed by atoms with Gasteiger partial charge in [0.2, 0.25) is 0 Å². The molecule has 0 spiro atoms. The first-order valence-corrected chi connectivity index (χ1v) is 8.70. The second kappa shape index (κ2) is 7.42. The molecule has 1 aromatic heterocycles. The fourth-order valence-corrected chi connectivity index (χ4v) is 4.44. The highest BCUT2D eigenvalue weighted by Crippen LogP contribution is 2.33. The van der Waals surface area contributed by atoms with Crippen molar-refractivity contribution in [3.63, 3.8) is 0 Å².